The monoisotopic (exact) mass is 490 g/mol. The zero-order chi connectivity index (χ0) is 18.2. The number of benzene rings is 1. The zero-order valence-corrected chi connectivity index (χ0v) is 18.5. The van der Waals surface area contributed by atoms with Crippen LogP contribution in [0.25, 0.3) is 0 Å². The summed E-state index contributed by atoms with van der Waals surface area (Å²) in [5.74, 6) is 0.855. The zero-order valence-electron chi connectivity index (χ0n) is 16.2. The van der Waals surface area contributed by atoms with Gasteiger partial charge in [0.15, 0.2) is 5.96 Å². The fraction of sp³-hybridized carbons (Fsp3) is 0.650. The Balaban J connectivity index is 0.00000261. The number of hydrogen-bond donors (Lipinski definition) is 1. The lowest BCUT2D eigenvalue weighted by molar-refractivity contribution is 0.0195. The van der Waals surface area contributed by atoms with E-state index in [1.54, 1.807) is 12.1 Å². The van der Waals surface area contributed by atoms with E-state index in [4.69, 9.17) is 9.73 Å². The lowest BCUT2D eigenvalue weighted by Gasteiger charge is -2.32. The van der Waals surface area contributed by atoms with Crippen molar-refractivity contribution >= 4 is 29.9 Å². The maximum Gasteiger partial charge on any atom is 0.193 e. The van der Waals surface area contributed by atoms with Gasteiger partial charge in [-0.2, -0.15) is 0 Å². The van der Waals surface area contributed by atoms with Gasteiger partial charge in [0.25, 0.3) is 0 Å². The third-order valence-electron chi connectivity index (χ3n) is 5.13. The van der Waals surface area contributed by atoms with Gasteiger partial charge in [0.2, 0.25) is 0 Å². The van der Waals surface area contributed by atoms with E-state index in [-0.39, 0.29) is 29.8 Å². The van der Waals surface area contributed by atoms with E-state index < -0.39 is 0 Å². The SMILES string of the molecule is CCNC(=NCCCc1cccc(F)c1)N1CCC(N2CCOCC2)C1.I. The summed E-state index contributed by atoms with van der Waals surface area (Å²) in [5.41, 5.74) is 1.04. The molecule has 152 valence electrons. The number of hydrogen-bond acceptors (Lipinski definition) is 3. The second-order valence-electron chi connectivity index (χ2n) is 7.01. The number of rotatable bonds is 6. The van der Waals surface area contributed by atoms with Crippen LogP contribution in [-0.2, 0) is 11.2 Å². The fourth-order valence-corrected chi connectivity index (χ4v) is 3.76. The molecule has 1 aromatic carbocycles. The topological polar surface area (TPSA) is 40.1 Å². The largest absolute Gasteiger partial charge is 0.379 e. The smallest absolute Gasteiger partial charge is 0.193 e. The first-order valence-electron chi connectivity index (χ1n) is 9.85. The summed E-state index contributed by atoms with van der Waals surface area (Å²) < 4.78 is 18.7. The average molecular weight is 490 g/mol. The Kier molecular flexibility index (Phi) is 9.78. The molecule has 0 radical (unpaired) electrons. The fourth-order valence-electron chi connectivity index (χ4n) is 3.76. The lowest BCUT2D eigenvalue weighted by Crippen LogP contribution is -2.46. The summed E-state index contributed by atoms with van der Waals surface area (Å²) in [6, 6.07) is 7.46. The highest BCUT2D eigenvalue weighted by Crippen LogP contribution is 2.17. The van der Waals surface area contributed by atoms with Crippen LogP contribution in [0.5, 0.6) is 0 Å². The molecule has 0 saturated carbocycles. The summed E-state index contributed by atoms with van der Waals surface area (Å²) in [6.45, 7) is 9.62. The predicted molar refractivity (Wildman–Crippen MR) is 118 cm³/mol. The number of likely N-dealkylation sites (tertiary alicyclic amines) is 1. The molecule has 2 fully saturated rings. The summed E-state index contributed by atoms with van der Waals surface area (Å²) in [5, 5.41) is 3.43. The highest BCUT2D eigenvalue weighted by molar-refractivity contribution is 14.0. The lowest BCUT2D eigenvalue weighted by atomic mass is 10.1. The molecule has 1 aromatic rings. The van der Waals surface area contributed by atoms with Crippen molar-refractivity contribution in [2.45, 2.75) is 32.2 Å². The Morgan fingerprint density at radius 1 is 1.30 bits per heavy atom. The van der Waals surface area contributed by atoms with Crippen molar-refractivity contribution in [2.75, 3.05) is 52.5 Å². The Bertz CT molecular complexity index is 595. The summed E-state index contributed by atoms with van der Waals surface area (Å²) in [4.78, 5) is 9.74. The van der Waals surface area contributed by atoms with Gasteiger partial charge in [0.1, 0.15) is 5.82 Å². The van der Waals surface area contributed by atoms with Crippen LogP contribution in [0.15, 0.2) is 29.3 Å². The molecule has 0 amide bonds. The van der Waals surface area contributed by atoms with E-state index in [0.717, 1.165) is 76.8 Å². The molecule has 2 aliphatic heterocycles. The van der Waals surface area contributed by atoms with Crippen LogP contribution in [0.4, 0.5) is 4.39 Å². The molecule has 7 heteroatoms. The number of morpholine rings is 1. The van der Waals surface area contributed by atoms with Crippen molar-refractivity contribution < 1.29 is 9.13 Å². The molecule has 0 spiro atoms. The average Bonchev–Trinajstić information content (AvgIpc) is 3.15. The number of aliphatic imine (C=N–C) groups is 1. The van der Waals surface area contributed by atoms with Crippen molar-refractivity contribution in [1.82, 2.24) is 15.1 Å². The van der Waals surface area contributed by atoms with Gasteiger partial charge in [-0.15, -0.1) is 24.0 Å². The minimum absolute atomic E-state index is 0. The Hall–Kier alpha value is -0.930. The van der Waals surface area contributed by atoms with Crippen molar-refractivity contribution in [3.8, 4) is 0 Å². The Labute approximate surface area is 179 Å². The number of nitrogens with one attached hydrogen (secondary N) is 1. The highest BCUT2D eigenvalue weighted by atomic mass is 127. The third-order valence-corrected chi connectivity index (χ3v) is 5.13. The van der Waals surface area contributed by atoms with Gasteiger partial charge in [-0.3, -0.25) is 9.89 Å². The normalized spacial score (nSPS) is 21.2. The Morgan fingerprint density at radius 2 is 2.11 bits per heavy atom. The predicted octanol–water partition coefficient (Wildman–Crippen LogP) is 2.75. The first kappa shape index (κ1) is 22.4. The number of guanidine groups is 1. The third kappa shape index (κ3) is 6.87. The van der Waals surface area contributed by atoms with E-state index in [9.17, 15) is 4.39 Å². The first-order valence-corrected chi connectivity index (χ1v) is 9.85. The quantitative estimate of drug-likeness (QED) is 0.288. The van der Waals surface area contributed by atoms with Crippen LogP contribution < -0.4 is 5.32 Å². The molecule has 1 atom stereocenters. The van der Waals surface area contributed by atoms with Crippen LogP contribution in [0.3, 0.4) is 0 Å². The van der Waals surface area contributed by atoms with Gasteiger partial charge in [0.05, 0.1) is 13.2 Å². The molecular formula is C20H32FIN4O. The molecule has 1 N–H and O–H groups in total. The highest BCUT2D eigenvalue weighted by Gasteiger charge is 2.30. The van der Waals surface area contributed by atoms with Crippen molar-refractivity contribution in [3.05, 3.63) is 35.6 Å². The van der Waals surface area contributed by atoms with Gasteiger partial charge in [-0.25, -0.2) is 4.39 Å². The molecule has 2 saturated heterocycles. The van der Waals surface area contributed by atoms with E-state index >= 15 is 0 Å². The van der Waals surface area contributed by atoms with Crippen molar-refractivity contribution in [2.24, 2.45) is 4.99 Å². The summed E-state index contributed by atoms with van der Waals surface area (Å²) in [6.07, 6.45) is 2.98. The molecule has 0 aromatic heterocycles. The van der Waals surface area contributed by atoms with Crippen LogP contribution >= 0.6 is 24.0 Å². The molecular weight excluding hydrogens is 458 g/mol. The molecule has 27 heavy (non-hydrogen) atoms. The van der Waals surface area contributed by atoms with Crippen LogP contribution in [0, 0.1) is 5.82 Å². The van der Waals surface area contributed by atoms with Crippen LogP contribution in [0.2, 0.25) is 0 Å². The van der Waals surface area contributed by atoms with Gasteiger partial charge >= 0.3 is 0 Å². The molecule has 1 unspecified atom stereocenters. The van der Waals surface area contributed by atoms with Crippen molar-refractivity contribution in [1.29, 1.82) is 0 Å². The van der Waals surface area contributed by atoms with Gasteiger partial charge in [0, 0.05) is 45.3 Å². The molecule has 5 nitrogen and oxygen atoms in total. The molecule has 2 heterocycles. The number of ether oxygens (including phenoxy) is 1. The standard InChI is InChI=1S/C20H31FN4O.HI/c1-2-22-20(23-9-4-6-17-5-3-7-18(21)15-17)25-10-8-19(16-25)24-11-13-26-14-12-24;/h3,5,7,15,19H,2,4,6,8-14,16H2,1H3,(H,22,23);1H. The van der Waals surface area contributed by atoms with Crippen LogP contribution in [-0.4, -0.2) is 74.3 Å². The Morgan fingerprint density at radius 3 is 2.85 bits per heavy atom. The van der Waals surface area contributed by atoms with E-state index in [2.05, 4.69) is 22.0 Å². The number of halogens is 2. The van der Waals surface area contributed by atoms with Gasteiger partial charge in [-0.1, -0.05) is 12.1 Å². The van der Waals surface area contributed by atoms with E-state index in [1.165, 1.54) is 12.5 Å². The molecule has 0 bridgehead atoms. The molecule has 2 aliphatic rings. The minimum Gasteiger partial charge on any atom is -0.379 e. The van der Waals surface area contributed by atoms with Gasteiger partial charge < -0.3 is 15.0 Å². The van der Waals surface area contributed by atoms with Crippen LogP contribution in [0.1, 0.15) is 25.3 Å². The second-order valence-corrected chi connectivity index (χ2v) is 7.01. The maximum atomic E-state index is 13.2. The van der Waals surface area contributed by atoms with Crippen molar-refractivity contribution in [3.63, 3.8) is 0 Å². The van der Waals surface area contributed by atoms with E-state index in [1.807, 2.05) is 6.07 Å². The second kappa shape index (κ2) is 11.8. The number of aryl methyl sites for hydroxylation is 1. The summed E-state index contributed by atoms with van der Waals surface area (Å²) >= 11 is 0. The number of nitrogens with zero attached hydrogens (tertiary/aromatic N) is 3. The van der Waals surface area contributed by atoms with Gasteiger partial charge in [-0.05, 0) is 43.9 Å². The molecule has 0 aliphatic carbocycles. The minimum atomic E-state index is -0.162. The molecule has 3 rings (SSSR count). The maximum absolute atomic E-state index is 13.2. The first-order chi connectivity index (χ1) is 12.8. The van der Waals surface area contributed by atoms with E-state index in [0.29, 0.717) is 6.04 Å². The summed E-state index contributed by atoms with van der Waals surface area (Å²) in [7, 11) is 0.